The first-order valence-electron chi connectivity index (χ1n) is 8.30. The summed E-state index contributed by atoms with van der Waals surface area (Å²) in [7, 11) is -3.88. The van der Waals surface area contributed by atoms with Crippen molar-refractivity contribution in [3.8, 4) is 0 Å². The van der Waals surface area contributed by atoms with E-state index in [-0.39, 0.29) is 11.4 Å². The average molecular weight is 394 g/mol. The van der Waals surface area contributed by atoms with E-state index in [9.17, 15) is 18.3 Å². The molecule has 138 valence electrons. The zero-order valence-electron chi connectivity index (χ0n) is 14.2. The Hall–Kier alpha value is -1.89. The number of aliphatic carboxylic acids is 1. The Labute approximate surface area is 157 Å². The topological polar surface area (TPSA) is 97.5 Å². The van der Waals surface area contributed by atoms with Crippen molar-refractivity contribution in [1.82, 2.24) is 0 Å². The van der Waals surface area contributed by atoms with Crippen LogP contribution in [0.5, 0.6) is 0 Å². The number of hydrogen-bond acceptors (Lipinski definition) is 4. The maximum atomic E-state index is 13.1. The molecule has 3 N–H and O–H groups in total. The van der Waals surface area contributed by atoms with E-state index in [2.05, 4.69) is 0 Å². The van der Waals surface area contributed by atoms with Crippen LogP contribution in [-0.2, 0) is 21.1 Å². The number of carboxylic acid groups (broad SMARTS) is 1. The van der Waals surface area contributed by atoms with Gasteiger partial charge in [-0.25, -0.2) is 8.42 Å². The molecule has 0 saturated heterocycles. The van der Waals surface area contributed by atoms with Gasteiger partial charge in [0.1, 0.15) is 5.41 Å². The van der Waals surface area contributed by atoms with Crippen LogP contribution in [0.3, 0.4) is 0 Å². The third-order valence-corrected chi connectivity index (χ3v) is 7.76. The molecule has 1 aliphatic rings. The molecule has 0 bridgehead atoms. The summed E-state index contributed by atoms with van der Waals surface area (Å²) in [6.45, 7) is 1.77. The third-order valence-electron chi connectivity index (χ3n) is 5.22. The van der Waals surface area contributed by atoms with E-state index in [1.54, 1.807) is 12.1 Å². The predicted molar refractivity (Wildman–Crippen MR) is 100 cm³/mol. The van der Waals surface area contributed by atoms with Crippen LogP contribution in [0.25, 0.3) is 0 Å². The Morgan fingerprint density at radius 2 is 1.73 bits per heavy atom. The molecule has 0 radical (unpaired) electrons. The summed E-state index contributed by atoms with van der Waals surface area (Å²) >= 11 is 5.83. The molecular weight excluding hydrogens is 374 g/mol. The van der Waals surface area contributed by atoms with E-state index in [1.807, 2.05) is 19.1 Å². The molecule has 3 rings (SSSR count). The fraction of sp³-hybridized carbons (Fsp3) is 0.316. The van der Waals surface area contributed by atoms with Gasteiger partial charge in [0.15, 0.2) is 9.84 Å². The molecule has 0 unspecified atom stereocenters. The highest BCUT2D eigenvalue weighted by molar-refractivity contribution is 7.92. The highest BCUT2D eigenvalue weighted by Gasteiger charge is 2.75. The van der Waals surface area contributed by atoms with Crippen LogP contribution in [0.2, 0.25) is 5.02 Å². The molecular formula is C19H20ClNO4S. The second-order valence-corrected chi connectivity index (χ2v) is 9.05. The number of aryl methyl sites for hydroxylation is 1. The van der Waals surface area contributed by atoms with Crippen LogP contribution < -0.4 is 5.73 Å². The van der Waals surface area contributed by atoms with Crippen LogP contribution in [0.1, 0.15) is 24.0 Å². The Bertz CT molecular complexity index is 925. The molecule has 0 amide bonds. The quantitative estimate of drug-likeness (QED) is 0.786. The van der Waals surface area contributed by atoms with E-state index in [0.29, 0.717) is 10.6 Å². The fourth-order valence-corrected chi connectivity index (χ4v) is 6.16. The van der Waals surface area contributed by atoms with Crippen molar-refractivity contribution in [2.45, 2.75) is 29.4 Å². The van der Waals surface area contributed by atoms with Crippen LogP contribution in [0, 0.1) is 5.41 Å². The Kier molecular flexibility index (Phi) is 4.86. The van der Waals surface area contributed by atoms with Gasteiger partial charge in [-0.05, 0) is 41.8 Å². The summed E-state index contributed by atoms with van der Waals surface area (Å²) in [4.78, 5) is 12.1. The number of rotatable bonds is 6. The number of sulfone groups is 1. The zero-order valence-corrected chi connectivity index (χ0v) is 15.8. The van der Waals surface area contributed by atoms with Crippen LogP contribution >= 0.6 is 11.6 Å². The first-order chi connectivity index (χ1) is 12.3. The minimum Gasteiger partial charge on any atom is -0.481 e. The molecule has 0 aliphatic heterocycles. The number of carbonyl (C=O) groups is 1. The monoisotopic (exact) mass is 393 g/mol. The van der Waals surface area contributed by atoms with Crippen molar-refractivity contribution in [1.29, 1.82) is 0 Å². The van der Waals surface area contributed by atoms with E-state index in [4.69, 9.17) is 17.3 Å². The third kappa shape index (κ3) is 2.82. The molecule has 3 atom stereocenters. The van der Waals surface area contributed by atoms with Gasteiger partial charge < -0.3 is 10.8 Å². The number of carboxylic acids is 1. The second-order valence-electron chi connectivity index (χ2n) is 6.54. The molecule has 1 aliphatic carbocycles. The molecule has 26 heavy (non-hydrogen) atoms. The molecule has 0 heterocycles. The van der Waals surface area contributed by atoms with E-state index in [1.165, 1.54) is 24.3 Å². The largest absolute Gasteiger partial charge is 0.481 e. The van der Waals surface area contributed by atoms with Crippen molar-refractivity contribution in [2.24, 2.45) is 11.1 Å². The molecule has 7 heteroatoms. The van der Waals surface area contributed by atoms with Gasteiger partial charge in [0.2, 0.25) is 0 Å². The summed E-state index contributed by atoms with van der Waals surface area (Å²) in [5.74, 6) is -1.87. The first kappa shape index (κ1) is 18.9. The number of benzene rings is 2. The normalized spacial score (nSPS) is 25.0. The number of halogens is 1. The molecule has 1 fully saturated rings. The highest BCUT2D eigenvalue weighted by atomic mass is 35.5. The predicted octanol–water partition coefficient (Wildman–Crippen LogP) is 2.87. The summed E-state index contributed by atoms with van der Waals surface area (Å²) < 4.78 is 26.3. The van der Waals surface area contributed by atoms with E-state index < -0.39 is 32.4 Å². The van der Waals surface area contributed by atoms with Crippen LogP contribution in [0.4, 0.5) is 0 Å². The van der Waals surface area contributed by atoms with Crippen molar-refractivity contribution >= 4 is 27.4 Å². The van der Waals surface area contributed by atoms with Gasteiger partial charge in [0.25, 0.3) is 0 Å². The Balaban J connectivity index is 2.08. The fourth-order valence-electron chi connectivity index (χ4n) is 3.65. The smallest absolute Gasteiger partial charge is 0.312 e. The van der Waals surface area contributed by atoms with Crippen LogP contribution in [0.15, 0.2) is 53.4 Å². The zero-order chi connectivity index (χ0) is 19.1. The lowest BCUT2D eigenvalue weighted by atomic mass is 9.98. The molecule has 0 spiro atoms. The van der Waals surface area contributed by atoms with Gasteiger partial charge in [0, 0.05) is 17.5 Å². The Morgan fingerprint density at radius 3 is 2.19 bits per heavy atom. The second kappa shape index (κ2) is 6.68. The van der Waals surface area contributed by atoms with E-state index >= 15 is 0 Å². The van der Waals surface area contributed by atoms with Gasteiger partial charge in [-0.1, -0.05) is 42.8 Å². The highest BCUT2D eigenvalue weighted by Crippen LogP contribution is 2.63. The van der Waals surface area contributed by atoms with Crippen molar-refractivity contribution in [3.63, 3.8) is 0 Å². The molecule has 2 aromatic rings. The van der Waals surface area contributed by atoms with Gasteiger partial charge >= 0.3 is 5.97 Å². The van der Waals surface area contributed by atoms with Gasteiger partial charge in [0.05, 0.1) is 10.1 Å². The first-order valence-corrected chi connectivity index (χ1v) is 10.2. The van der Waals surface area contributed by atoms with Crippen molar-refractivity contribution < 1.29 is 18.3 Å². The lowest BCUT2D eigenvalue weighted by molar-refractivity contribution is -0.143. The van der Waals surface area contributed by atoms with Crippen molar-refractivity contribution in [3.05, 3.63) is 64.7 Å². The Morgan fingerprint density at radius 1 is 1.15 bits per heavy atom. The SMILES string of the molecule is CCc1ccc([C@@H]2[C@H](S(=O)(=O)c3ccc(Cl)cc3)[C@@]2(CN)C(=O)O)cc1. The van der Waals surface area contributed by atoms with Crippen LogP contribution in [-0.4, -0.2) is 31.3 Å². The van der Waals surface area contributed by atoms with Gasteiger partial charge in [-0.15, -0.1) is 0 Å². The number of nitrogens with two attached hydrogens (primary N) is 1. The minimum absolute atomic E-state index is 0.0543. The maximum Gasteiger partial charge on any atom is 0.312 e. The minimum atomic E-state index is -3.88. The molecule has 0 aromatic heterocycles. The molecule has 1 saturated carbocycles. The molecule has 2 aromatic carbocycles. The summed E-state index contributed by atoms with van der Waals surface area (Å²) in [6, 6.07) is 13.1. The lowest BCUT2D eigenvalue weighted by Gasteiger charge is -2.10. The summed E-state index contributed by atoms with van der Waals surface area (Å²) in [5.41, 5.74) is 6.03. The molecule has 5 nitrogen and oxygen atoms in total. The van der Waals surface area contributed by atoms with E-state index in [0.717, 1.165) is 12.0 Å². The van der Waals surface area contributed by atoms with Crippen molar-refractivity contribution in [2.75, 3.05) is 6.54 Å². The lowest BCUT2D eigenvalue weighted by Crippen LogP contribution is -2.31. The summed E-state index contributed by atoms with van der Waals surface area (Å²) in [6.07, 6.45) is 0.846. The number of hydrogen-bond donors (Lipinski definition) is 2. The van der Waals surface area contributed by atoms with Gasteiger partial charge in [-0.3, -0.25) is 4.79 Å². The van der Waals surface area contributed by atoms with Gasteiger partial charge in [-0.2, -0.15) is 0 Å². The standard InChI is InChI=1S/C19H20ClNO4S/c1-2-12-3-5-13(6-4-12)16-17(19(16,11-21)18(22)23)26(24,25)15-9-7-14(20)8-10-15/h3-10,16-17H,2,11,21H2,1H3,(H,22,23)/t16-,17+,19+/m1/s1. The maximum absolute atomic E-state index is 13.1. The average Bonchev–Trinajstić information content (AvgIpc) is 3.34. The summed E-state index contributed by atoms with van der Waals surface area (Å²) in [5, 5.41) is 9.10.